The fourth-order valence-corrected chi connectivity index (χ4v) is 5.13. The minimum Gasteiger partial charge on any atom is -0.390 e. The number of rotatable bonds is 23. The monoisotopic (exact) mass is 585 g/mol. The molecule has 2 aromatic rings. The number of aryl methyl sites for hydroxylation is 3. The Morgan fingerprint density at radius 3 is 2.19 bits per heavy atom. The second kappa shape index (κ2) is 18.6. The van der Waals surface area contributed by atoms with Crippen LogP contribution in [0.1, 0.15) is 92.9 Å². The minimum atomic E-state index is 0.127. The van der Waals surface area contributed by atoms with Crippen molar-refractivity contribution in [1.29, 1.82) is 0 Å². The first-order chi connectivity index (χ1) is 20.1. The number of aromatic nitrogens is 4. The standard InChI is InChI=1S/C34H64N8/c1-9-21-37(7)25-19-36-18-13-15-33(3,4)38(8)26-20-35-17-11-12-23-40-27-28-41(31-40)24-14-16-34(5,6)42-30-29-39(32-42)22-10-2/h19-20,25-32,35-36H,9-18,21-24H2,1-8H3/q+2/b25-19-,26-20-. The summed E-state index contributed by atoms with van der Waals surface area (Å²) in [5.41, 5.74) is 0.260. The van der Waals surface area contributed by atoms with Crippen molar-refractivity contribution in [1.82, 2.24) is 29.6 Å². The van der Waals surface area contributed by atoms with Crippen LogP contribution in [0.4, 0.5) is 0 Å². The summed E-state index contributed by atoms with van der Waals surface area (Å²) in [6.45, 7) is 20.1. The van der Waals surface area contributed by atoms with E-state index in [0.717, 1.165) is 65.0 Å². The average molecular weight is 585 g/mol. The van der Waals surface area contributed by atoms with Gasteiger partial charge in [-0.25, -0.2) is 18.3 Å². The van der Waals surface area contributed by atoms with Gasteiger partial charge in [0.1, 0.15) is 30.3 Å². The average Bonchev–Trinajstić information content (AvgIpc) is 3.60. The molecule has 0 aliphatic rings. The second-order valence-corrected chi connectivity index (χ2v) is 13.1. The molecular formula is C34H64N8+2. The Morgan fingerprint density at radius 2 is 1.45 bits per heavy atom. The molecule has 0 atom stereocenters. The Morgan fingerprint density at radius 1 is 0.762 bits per heavy atom. The Kier molecular flexibility index (Phi) is 15.6. The van der Waals surface area contributed by atoms with Crippen LogP contribution in [0.5, 0.6) is 0 Å². The van der Waals surface area contributed by atoms with Gasteiger partial charge >= 0.3 is 0 Å². The SMILES string of the molecule is CCCN(C)/C=C\NCCCC(C)(C)N(C)/C=C\NCCCCn1cc[n+](CCCC(C)(C)n2cc[n+](CCC)c2)c1. The number of nitrogens with one attached hydrogen (secondary N) is 2. The zero-order chi connectivity index (χ0) is 30.8. The van der Waals surface area contributed by atoms with Crippen molar-refractivity contribution in [2.24, 2.45) is 0 Å². The highest BCUT2D eigenvalue weighted by Crippen LogP contribution is 2.21. The summed E-state index contributed by atoms with van der Waals surface area (Å²) < 4.78 is 9.32. The summed E-state index contributed by atoms with van der Waals surface area (Å²) in [7, 11) is 4.30. The molecule has 0 bridgehead atoms. The van der Waals surface area contributed by atoms with Crippen molar-refractivity contribution in [3.8, 4) is 0 Å². The molecule has 0 fully saturated rings. The molecule has 0 saturated carbocycles. The van der Waals surface area contributed by atoms with Crippen molar-refractivity contribution in [3.05, 3.63) is 62.2 Å². The normalized spacial score (nSPS) is 12.5. The maximum Gasteiger partial charge on any atom is 0.244 e. The van der Waals surface area contributed by atoms with Gasteiger partial charge in [0.2, 0.25) is 12.7 Å². The Hall–Kier alpha value is -2.90. The summed E-state index contributed by atoms with van der Waals surface area (Å²) in [5.74, 6) is 0. The zero-order valence-electron chi connectivity index (χ0n) is 28.4. The summed E-state index contributed by atoms with van der Waals surface area (Å²) in [6, 6.07) is 0. The number of unbranched alkanes of at least 4 members (excludes halogenated alkanes) is 1. The lowest BCUT2D eigenvalue weighted by atomic mass is 9.97. The van der Waals surface area contributed by atoms with Gasteiger partial charge in [0.15, 0.2) is 0 Å². The molecule has 2 N–H and O–H groups in total. The summed E-state index contributed by atoms with van der Waals surface area (Å²) in [6.07, 6.45) is 31.1. The number of nitrogens with zero attached hydrogens (tertiary/aromatic N) is 6. The van der Waals surface area contributed by atoms with Crippen LogP contribution in [-0.2, 0) is 25.2 Å². The van der Waals surface area contributed by atoms with Gasteiger partial charge < -0.3 is 20.4 Å². The first-order valence-electron chi connectivity index (χ1n) is 16.4. The van der Waals surface area contributed by atoms with Crippen LogP contribution in [0.3, 0.4) is 0 Å². The van der Waals surface area contributed by atoms with Crippen LogP contribution < -0.4 is 19.8 Å². The van der Waals surface area contributed by atoms with Crippen LogP contribution in [0.2, 0.25) is 0 Å². The maximum absolute atomic E-state index is 3.48. The van der Waals surface area contributed by atoms with E-state index < -0.39 is 0 Å². The molecule has 2 heterocycles. The molecule has 0 aromatic carbocycles. The molecule has 0 saturated heterocycles. The van der Waals surface area contributed by atoms with E-state index in [-0.39, 0.29) is 11.1 Å². The first-order valence-corrected chi connectivity index (χ1v) is 16.4. The molecule has 8 nitrogen and oxygen atoms in total. The van der Waals surface area contributed by atoms with Gasteiger partial charge in [-0.15, -0.1) is 0 Å². The Bertz CT molecular complexity index is 1030. The quantitative estimate of drug-likeness (QED) is 0.139. The summed E-state index contributed by atoms with van der Waals surface area (Å²) in [4.78, 5) is 4.54. The van der Waals surface area contributed by atoms with Gasteiger partial charge in [-0.1, -0.05) is 13.8 Å². The van der Waals surface area contributed by atoms with Crippen molar-refractivity contribution >= 4 is 0 Å². The highest BCUT2D eigenvalue weighted by molar-refractivity contribution is 4.89. The van der Waals surface area contributed by atoms with Gasteiger partial charge in [0.05, 0.1) is 19.6 Å². The third kappa shape index (κ3) is 13.4. The topological polar surface area (TPSA) is 48.2 Å². The third-order valence-electron chi connectivity index (χ3n) is 8.31. The lowest BCUT2D eigenvalue weighted by Crippen LogP contribution is -2.38. The molecular weight excluding hydrogens is 520 g/mol. The van der Waals surface area contributed by atoms with E-state index in [1.54, 1.807) is 0 Å². The van der Waals surface area contributed by atoms with Crippen LogP contribution >= 0.6 is 0 Å². The molecule has 0 amide bonds. The van der Waals surface area contributed by atoms with E-state index in [4.69, 9.17) is 0 Å². The van der Waals surface area contributed by atoms with Gasteiger partial charge in [0, 0.05) is 64.1 Å². The predicted octanol–water partition coefficient (Wildman–Crippen LogP) is 5.22. The summed E-state index contributed by atoms with van der Waals surface area (Å²) >= 11 is 0. The van der Waals surface area contributed by atoms with Crippen LogP contribution in [-0.4, -0.2) is 58.2 Å². The molecule has 238 valence electrons. The van der Waals surface area contributed by atoms with Crippen LogP contribution in [0.25, 0.3) is 0 Å². The van der Waals surface area contributed by atoms with E-state index in [9.17, 15) is 0 Å². The highest BCUT2D eigenvalue weighted by atomic mass is 15.2. The molecule has 2 rings (SSSR count). The molecule has 0 radical (unpaired) electrons. The summed E-state index contributed by atoms with van der Waals surface area (Å²) in [5, 5.41) is 6.90. The fourth-order valence-electron chi connectivity index (χ4n) is 5.13. The number of hydrogen-bond donors (Lipinski definition) is 2. The maximum atomic E-state index is 3.48. The van der Waals surface area contributed by atoms with Crippen molar-refractivity contribution in [2.75, 3.05) is 33.7 Å². The molecule has 2 aromatic heterocycles. The van der Waals surface area contributed by atoms with Gasteiger partial charge in [-0.2, -0.15) is 0 Å². The first kappa shape index (κ1) is 35.3. The smallest absolute Gasteiger partial charge is 0.244 e. The number of hydrogen-bond acceptors (Lipinski definition) is 4. The van der Waals surface area contributed by atoms with E-state index in [1.165, 1.54) is 25.7 Å². The van der Waals surface area contributed by atoms with E-state index in [1.807, 2.05) is 0 Å². The van der Waals surface area contributed by atoms with Crippen molar-refractivity contribution < 1.29 is 9.13 Å². The molecule has 0 spiro atoms. The highest BCUT2D eigenvalue weighted by Gasteiger charge is 2.25. The zero-order valence-corrected chi connectivity index (χ0v) is 28.4. The molecule has 0 unspecified atom stereocenters. The van der Waals surface area contributed by atoms with Crippen molar-refractivity contribution in [3.63, 3.8) is 0 Å². The lowest BCUT2D eigenvalue weighted by Gasteiger charge is -2.35. The van der Waals surface area contributed by atoms with E-state index >= 15 is 0 Å². The molecule has 42 heavy (non-hydrogen) atoms. The van der Waals surface area contributed by atoms with Gasteiger partial charge in [-0.05, 0) is 79.1 Å². The second-order valence-electron chi connectivity index (χ2n) is 13.1. The minimum absolute atomic E-state index is 0.127. The molecule has 8 heteroatoms. The molecule has 0 aliphatic heterocycles. The van der Waals surface area contributed by atoms with Crippen molar-refractivity contribution in [2.45, 2.75) is 124 Å². The van der Waals surface area contributed by atoms with E-state index in [0.29, 0.717) is 0 Å². The Labute approximate surface area is 258 Å². The van der Waals surface area contributed by atoms with E-state index in [2.05, 4.69) is 157 Å². The number of imidazole rings is 2. The van der Waals surface area contributed by atoms with Crippen LogP contribution in [0.15, 0.2) is 62.2 Å². The predicted molar refractivity (Wildman–Crippen MR) is 176 cm³/mol. The fraction of sp³-hybridized carbons (Fsp3) is 0.706. The lowest BCUT2D eigenvalue weighted by molar-refractivity contribution is -0.697. The molecule has 0 aliphatic carbocycles. The van der Waals surface area contributed by atoms with Gasteiger partial charge in [-0.3, -0.25) is 0 Å². The van der Waals surface area contributed by atoms with Crippen LogP contribution in [0, 0.1) is 0 Å². The third-order valence-corrected chi connectivity index (χ3v) is 8.31. The van der Waals surface area contributed by atoms with Gasteiger partial charge in [0.25, 0.3) is 0 Å². The Balaban J connectivity index is 1.57. The largest absolute Gasteiger partial charge is 0.390 e.